The molecule has 0 atom stereocenters. The Balaban J connectivity index is 2.27. The molecule has 0 aliphatic rings. The molecule has 2 nitrogen and oxygen atoms in total. The molecule has 0 saturated heterocycles. The molecule has 0 saturated carbocycles. The zero-order valence-electron chi connectivity index (χ0n) is 9.70. The van der Waals surface area contributed by atoms with Gasteiger partial charge < -0.3 is 5.32 Å². The van der Waals surface area contributed by atoms with Crippen LogP contribution < -0.4 is 5.32 Å². The van der Waals surface area contributed by atoms with Gasteiger partial charge in [-0.2, -0.15) is 0 Å². The lowest BCUT2D eigenvalue weighted by Gasteiger charge is -2.05. The molecule has 0 aliphatic carbocycles. The van der Waals surface area contributed by atoms with Crippen LogP contribution in [0.5, 0.6) is 0 Å². The molecule has 0 aliphatic heterocycles. The average Bonchev–Trinajstić information content (AvgIpc) is 2.30. The quantitative estimate of drug-likeness (QED) is 0.842. The summed E-state index contributed by atoms with van der Waals surface area (Å²) in [5.41, 5.74) is 4.66. The molecule has 0 unspecified atom stereocenters. The molecule has 2 aromatic rings. The van der Waals surface area contributed by atoms with Gasteiger partial charge in [-0.15, -0.1) is 0 Å². The van der Waals surface area contributed by atoms with Gasteiger partial charge in [0.05, 0.1) is 0 Å². The number of hydrogen-bond acceptors (Lipinski definition) is 2. The Morgan fingerprint density at radius 1 is 1.06 bits per heavy atom. The van der Waals surface area contributed by atoms with Crippen LogP contribution in [0.25, 0.3) is 11.1 Å². The topological polar surface area (TPSA) is 24.9 Å². The van der Waals surface area contributed by atoms with E-state index in [9.17, 15) is 0 Å². The summed E-state index contributed by atoms with van der Waals surface area (Å²) in [4.78, 5) is 4.20. The average molecular weight is 212 g/mol. The van der Waals surface area contributed by atoms with Crippen LogP contribution in [0.4, 0.5) is 5.69 Å². The fraction of sp³-hybridized carbons (Fsp3) is 0.214. The van der Waals surface area contributed by atoms with Gasteiger partial charge in [-0.25, -0.2) is 0 Å². The van der Waals surface area contributed by atoms with Gasteiger partial charge in [-0.1, -0.05) is 12.1 Å². The molecular weight excluding hydrogens is 196 g/mol. The van der Waals surface area contributed by atoms with E-state index in [-0.39, 0.29) is 0 Å². The fourth-order valence-corrected chi connectivity index (χ4v) is 1.71. The maximum absolute atomic E-state index is 4.20. The summed E-state index contributed by atoms with van der Waals surface area (Å²) >= 11 is 0. The van der Waals surface area contributed by atoms with Crippen LogP contribution in [0.15, 0.2) is 42.6 Å². The third-order valence-corrected chi connectivity index (χ3v) is 2.50. The van der Waals surface area contributed by atoms with E-state index < -0.39 is 0 Å². The number of nitrogens with one attached hydrogen (secondary N) is 1. The van der Waals surface area contributed by atoms with Crippen LogP contribution in [0.2, 0.25) is 0 Å². The summed E-state index contributed by atoms with van der Waals surface area (Å²) in [5.74, 6) is 0. The first kappa shape index (κ1) is 10.7. The molecule has 82 valence electrons. The van der Waals surface area contributed by atoms with E-state index in [0.717, 1.165) is 17.9 Å². The van der Waals surface area contributed by atoms with E-state index in [2.05, 4.69) is 47.6 Å². The molecule has 1 aromatic carbocycles. The van der Waals surface area contributed by atoms with E-state index in [1.807, 2.05) is 19.2 Å². The molecule has 1 N–H and O–H groups in total. The van der Waals surface area contributed by atoms with E-state index in [4.69, 9.17) is 0 Å². The smallest absolute Gasteiger partial charge is 0.0378 e. The van der Waals surface area contributed by atoms with Crippen molar-refractivity contribution in [1.29, 1.82) is 0 Å². The van der Waals surface area contributed by atoms with Crippen molar-refractivity contribution in [3.63, 3.8) is 0 Å². The number of aromatic nitrogens is 1. The number of aryl methyl sites for hydroxylation is 1. The van der Waals surface area contributed by atoms with Crippen molar-refractivity contribution < 1.29 is 0 Å². The SMILES string of the molecule is CCNc1ccc(-c2ccnc(C)c2)cc1. The highest BCUT2D eigenvalue weighted by Crippen LogP contribution is 2.21. The summed E-state index contributed by atoms with van der Waals surface area (Å²) in [6.07, 6.45) is 1.85. The second-order valence-corrected chi connectivity index (χ2v) is 3.79. The van der Waals surface area contributed by atoms with Gasteiger partial charge in [0.2, 0.25) is 0 Å². The maximum Gasteiger partial charge on any atom is 0.0378 e. The van der Waals surface area contributed by atoms with E-state index in [1.54, 1.807) is 0 Å². The Labute approximate surface area is 96.4 Å². The highest BCUT2D eigenvalue weighted by atomic mass is 14.8. The molecule has 0 fully saturated rings. The predicted octanol–water partition coefficient (Wildman–Crippen LogP) is 3.49. The predicted molar refractivity (Wildman–Crippen MR) is 68.6 cm³/mol. The lowest BCUT2D eigenvalue weighted by atomic mass is 10.1. The third-order valence-electron chi connectivity index (χ3n) is 2.50. The molecular formula is C14H16N2. The van der Waals surface area contributed by atoms with E-state index >= 15 is 0 Å². The van der Waals surface area contributed by atoms with Crippen LogP contribution in [0, 0.1) is 6.92 Å². The first-order chi connectivity index (χ1) is 7.79. The Kier molecular flexibility index (Phi) is 3.20. The highest BCUT2D eigenvalue weighted by molar-refractivity contribution is 5.65. The van der Waals surface area contributed by atoms with Crippen molar-refractivity contribution in [1.82, 2.24) is 4.98 Å². The van der Waals surface area contributed by atoms with Crippen LogP contribution in [-0.2, 0) is 0 Å². The van der Waals surface area contributed by atoms with Crippen molar-refractivity contribution in [3.05, 3.63) is 48.3 Å². The van der Waals surface area contributed by atoms with Crippen LogP contribution in [-0.4, -0.2) is 11.5 Å². The number of rotatable bonds is 3. The lowest BCUT2D eigenvalue weighted by Crippen LogP contribution is -1.95. The minimum absolute atomic E-state index is 0.952. The van der Waals surface area contributed by atoms with Crippen molar-refractivity contribution in [2.45, 2.75) is 13.8 Å². The van der Waals surface area contributed by atoms with Crippen molar-refractivity contribution in [3.8, 4) is 11.1 Å². The number of pyridine rings is 1. The Bertz CT molecular complexity index is 460. The molecule has 2 heteroatoms. The second kappa shape index (κ2) is 4.79. The zero-order chi connectivity index (χ0) is 11.4. The van der Waals surface area contributed by atoms with Crippen LogP contribution in [0.3, 0.4) is 0 Å². The van der Waals surface area contributed by atoms with Gasteiger partial charge in [0.15, 0.2) is 0 Å². The Morgan fingerprint density at radius 2 is 1.81 bits per heavy atom. The zero-order valence-corrected chi connectivity index (χ0v) is 9.70. The number of anilines is 1. The first-order valence-corrected chi connectivity index (χ1v) is 5.56. The molecule has 0 spiro atoms. The lowest BCUT2D eigenvalue weighted by molar-refractivity contribution is 1.20. The number of nitrogens with zero attached hydrogens (tertiary/aromatic N) is 1. The van der Waals surface area contributed by atoms with Crippen LogP contribution >= 0.6 is 0 Å². The monoisotopic (exact) mass is 212 g/mol. The van der Waals surface area contributed by atoms with Crippen molar-refractivity contribution in [2.75, 3.05) is 11.9 Å². The van der Waals surface area contributed by atoms with Crippen LogP contribution in [0.1, 0.15) is 12.6 Å². The molecule has 1 heterocycles. The van der Waals surface area contributed by atoms with E-state index in [1.165, 1.54) is 11.1 Å². The van der Waals surface area contributed by atoms with Gasteiger partial charge in [0, 0.05) is 24.1 Å². The molecule has 16 heavy (non-hydrogen) atoms. The molecule has 1 aromatic heterocycles. The minimum atomic E-state index is 0.952. The largest absolute Gasteiger partial charge is 0.385 e. The third kappa shape index (κ3) is 2.40. The summed E-state index contributed by atoms with van der Waals surface area (Å²) in [6, 6.07) is 12.6. The maximum atomic E-state index is 4.20. The second-order valence-electron chi connectivity index (χ2n) is 3.79. The summed E-state index contributed by atoms with van der Waals surface area (Å²) in [5, 5.41) is 3.29. The number of hydrogen-bond donors (Lipinski definition) is 1. The minimum Gasteiger partial charge on any atom is -0.385 e. The Morgan fingerprint density at radius 3 is 2.44 bits per heavy atom. The van der Waals surface area contributed by atoms with Gasteiger partial charge >= 0.3 is 0 Å². The molecule has 0 bridgehead atoms. The summed E-state index contributed by atoms with van der Waals surface area (Å²) in [7, 11) is 0. The van der Waals surface area contributed by atoms with E-state index in [0.29, 0.717) is 0 Å². The molecule has 2 rings (SSSR count). The molecule has 0 amide bonds. The van der Waals surface area contributed by atoms with Gasteiger partial charge in [-0.3, -0.25) is 4.98 Å². The van der Waals surface area contributed by atoms with Gasteiger partial charge in [-0.05, 0) is 49.2 Å². The number of benzene rings is 1. The first-order valence-electron chi connectivity index (χ1n) is 5.56. The van der Waals surface area contributed by atoms with Gasteiger partial charge in [0.25, 0.3) is 0 Å². The summed E-state index contributed by atoms with van der Waals surface area (Å²) in [6.45, 7) is 5.06. The Hall–Kier alpha value is -1.83. The van der Waals surface area contributed by atoms with Crippen molar-refractivity contribution in [2.24, 2.45) is 0 Å². The standard InChI is InChI=1S/C14H16N2/c1-3-15-14-6-4-12(5-7-14)13-8-9-16-11(2)10-13/h4-10,15H,3H2,1-2H3. The summed E-state index contributed by atoms with van der Waals surface area (Å²) < 4.78 is 0. The fourth-order valence-electron chi connectivity index (χ4n) is 1.71. The highest BCUT2D eigenvalue weighted by Gasteiger charge is 1.98. The normalized spacial score (nSPS) is 10.1. The molecule has 0 radical (unpaired) electrons. The van der Waals surface area contributed by atoms with Crippen molar-refractivity contribution >= 4 is 5.69 Å². The van der Waals surface area contributed by atoms with Gasteiger partial charge in [0.1, 0.15) is 0 Å².